The maximum absolute atomic E-state index is 13.8. The van der Waals surface area contributed by atoms with Gasteiger partial charge < -0.3 is 5.32 Å². The molecule has 2 rings (SSSR count). The Hall–Kier alpha value is -2.02. The number of aromatic nitrogens is 1. The number of nitro groups is 1. The molecule has 0 amide bonds. The molecule has 0 saturated carbocycles. The second kappa shape index (κ2) is 4.93. The van der Waals surface area contributed by atoms with E-state index in [1.807, 2.05) is 19.2 Å². The number of rotatable bonds is 4. The van der Waals surface area contributed by atoms with Crippen molar-refractivity contribution in [2.75, 3.05) is 5.32 Å². The summed E-state index contributed by atoms with van der Waals surface area (Å²) in [5.41, 5.74) is -0.605. The van der Waals surface area contributed by atoms with Crippen LogP contribution < -0.4 is 5.32 Å². The fourth-order valence-corrected chi connectivity index (χ4v) is 2.36. The molecule has 19 heavy (non-hydrogen) atoms. The molecule has 0 aliphatic rings. The van der Waals surface area contributed by atoms with Crippen molar-refractivity contribution >= 4 is 22.7 Å². The second-order valence-corrected chi connectivity index (χ2v) is 5.40. The van der Waals surface area contributed by atoms with Crippen LogP contribution in [0.5, 0.6) is 0 Å². The number of nitro benzene ring substituents is 1. The first-order chi connectivity index (χ1) is 8.90. The Morgan fingerprint density at radius 2 is 2.21 bits per heavy atom. The zero-order valence-electron chi connectivity index (χ0n) is 10.4. The molecule has 7 heteroatoms. The first kappa shape index (κ1) is 13.4. The summed E-state index contributed by atoms with van der Waals surface area (Å²) in [7, 11) is 0. The topological polar surface area (TPSA) is 68.1 Å². The molecule has 0 spiro atoms. The molecule has 100 valence electrons. The van der Waals surface area contributed by atoms with Crippen molar-refractivity contribution < 1.29 is 9.31 Å². The van der Waals surface area contributed by atoms with Crippen molar-refractivity contribution in [2.24, 2.45) is 0 Å². The van der Waals surface area contributed by atoms with Crippen LogP contribution in [0, 0.1) is 15.9 Å². The van der Waals surface area contributed by atoms with Crippen LogP contribution in [0.4, 0.5) is 15.8 Å². The number of thiazole rings is 1. The lowest BCUT2D eigenvalue weighted by molar-refractivity contribution is -0.385. The van der Waals surface area contributed by atoms with E-state index in [1.165, 1.54) is 23.5 Å². The average molecular weight is 281 g/mol. The molecular formula is C12H12FN3O2S. The molecule has 0 aliphatic carbocycles. The van der Waals surface area contributed by atoms with Crippen molar-refractivity contribution in [3.05, 3.63) is 50.7 Å². The van der Waals surface area contributed by atoms with Crippen LogP contribution in [0.3, 0.4) is 0 Å². The van der Waals surface area contributed by atoms with Gasteiger partial charge in [-0.05, 0) is 19.9 Å². The lowest BCUT2D eigenvalue weighted by Gasteiger charge is -2.25. The Kier molecular flexibility index (Phi) is 3.48. The lowest BCUT2D eigenvalue weighted by Crippen LogP contribution is -2.28. The summed E-state index contributed by atoms with van der Waals surface area (Å²) in [4.78, 5) is 14.1. The maximum atomic E-state index is 13.8. The van der Waals surface area contributed by atoms with Crippen LogP contribution in [-0.4, -0.2) is 9.91 Å². The van der Waals surface area contributed by atoms with E-state index >= 15 is 0 Å². The van der Waals surface area contributed by atoms with Crippen molar-refractivity contribution in [3.8, 4) is 0 Å². The van der Waals surface area contributed by atoms with Crippen LogP contribution in [0.25, 0.3) is 0 Å². The van der Waals surface area contributed by atoms with Crippen molar-refractivity contribution in [2.45, 2.75) is 19.4 Å². The van der Waals surface area contributed by atoms with Crippen LogP contribution in [0.2, 0.25) is 0 Å². The molecule has 1 aromatic heterocycles. The van der Waals surface area contributed by atoms with Crippen molar-refractivity contribution in [1.82, 2.24) is 4.98 Å². The van der Waals surface area contributed by atoms with Crippen LogP contribution in [0.15, 0.2) is 29.8 Å². The van der Waals surface area contributed by atoms with E-state index < -0.39 is 16.3 Å². The molecule has 1 heterocycles. The van der Waals surface area contributed by atoms with Gasteiger partial charge in [0.05, 0.1) is 22.2 Å². The van der Waals surface area contributed by atoms with Gasteiger partial charge in [-0.3, -0.25) is 10.1 Å². The third kappa shape index (κ3) is 2.87. The third-order valence-corrected chi connectivity index (χ3v) is 3.67. The lowest BCUT2D eigenvalue weighted by atomic mass is 10.1. The van der Waals surface area contributed by atoms with Crippen LogP contribution in [-0.2, 0) is 5.54 Å². The highest BCUT2D eigenvalue weighted by molar-refractivity contribution is 7.09. The summed E-state index contributed by atoms with van der Waals surface area (Å²) in [5, 5.41) is 16.2. The van der Waals surface area contributed by atoms with Gasteiger partial charge in [-0.25, -0.2) is 9.37 Å². The molecule has 5 nitrogen and oxygen atoms in total. The number of benzene rings is 1. The van der Waals surface area contributed by atoms with Crippen molar-refractivity contribution in [3.63, 3.8) is 0 Å². The molecule has 1 N–H and O–H groups in total. The Morgan fingerprint density at radius 3 is 2.74 bits per heavy atom. The molecule has 1 aromatic carbocycles. The highest BCUT2D eigenvalue weighted by Gasteiger charge is 2.24. The molecule has 0 fully saturated rings. The summed E-state index contributed by atoms with van der Waals surface area (Å²) in [6.45, 7) is 3.74. The van der Waals surface area contributed by atoms with Gasteiger partial charge >= 0.3 is 0 Å². The first-order valence-electron chi connectivity index (χ1n) is 5.52. The molecule has 0 saturated heterocycles. The first-order valence-corrected chi connectivity index (χ1v) is 6.40. The number of nitrogens with zero attached hydrogens (tertiary/aromatic N) is 2. The number of nitrogens with one attached hydrogen (secondary N) is 1. The van der Waals surface area contributed by atoms with E-state index in [9.17, 15) is 14.5 Å². The summed E-state index contributed by atoms with van der Waals surface area (Å²) < 4.78 is 13.8. The van der Waals surface area contributed by atoms with Gasteiger partial charge in [-0.2, -0.15) is 0 Å². The van der Waals surface area contributed by atoms with Gasteiger partial charge in [0.2, 0.25) is 0 Å². The predicted molar refractivity (Wildman–Crippen MR) is 71.8 cm³/mol. The minimum absolute atomic E-state index is 0.214. The van der Waals surface area contributed by atoms with Crippen molar-refractivity contribution in [1.29, 1.82) is 0 Å². The Balaban J connectivity index is 2.27. The van der Waals surface area contributed by atoms with Crippen LogP contribution >= 0.6 is 11.3 Å². The van der Waals surface area contributed by atoms with Crippen LogP contribution in [0.1, 0.15) is 18.9 Å². The van der Waals surface area contributed by atoms with Gasteiger partial charge in [0.1, 0.15) is 5.01 Å². The standard InChI is InChI=1S/C12H12FN3O2S/c1-12(2,11-14-5-6-19-11)15-10-4-3-8(16(17)18)7-9(10)13/h3-7,15H,1-2H3. The van der Waals surface area contributed by atoms with E-state index in [2.05, 4.69) is 10.3 Å². The highest BCUT2D eigenvalue weighted by atomic mass is 32.1. The van der Waals surface area contributed by atoms with Gasteiger partial charge in [0.25, 0.3) is 5.69 Å². The number of non-ortho nitro benzene ring substituents is 1. The molecule has 0 radical (unpaired) electrons. The normalized spacial score (nSPS) is 11.3. The number of hydrogen-bond donors (Lipinski definition) is 1. The monoisotopic (exact) mass is 281 g/mol. The zero-order chi connectivity index (χ0) is 14.0. The summed E-state index contributed by atoms with van der Waals surface area (Å²) in [6.07, 6.45) is 1.68. The maximum Gasteiger partial charge on any atom is 0.272 e. The van der Waals surface area contributed by atoms with Gasteiger partial charge in [0.15, 0.2) is 5.82 Å². The van der Waals surface area contributed by atoms with E-state index in [0.29, 0.717) is 0 Å². The quantitative estimate of drug-likeness (QED) is 0.687. The average Bonchev–Trinajstić information content (AvgIpc) is 2.85. The second-order valence-electron chi connectivity index (χ2n) is 4.51. The van der Waals surface area contributed by atoms with E-state index in [4.69, 9.17) is 0 Å². The summed E-state index contributed by atoms with van der Waals surface area (Å²) in [5.74, 6) is -0.654. The largest absolute Gasteiger partial charge is 0.371 e. The Labute approximate surface area is 113 Å². The fourth-order valence-electron chi connectivity index (χ4n) is 1.64. The highest BCUT2D eigenvalue weighted by Crippen LogP contribution is 2.29. The molecule has 2 aromatic rings. The van der Waals surface area contributed by atoms with E-state index in [-0.39, 0.29) is 11.4 Å². The van der Waals surface area contributed by atoms with E-state index in [0.717, 1.165) is 11.1 Å². The molecule has 0 atom stereocenters. The zero-order valence-corrected chi connectivity index (χ0v) is 11.2. The smallest absolute Gasteiger partial charge is 0.272 e. The molecule has 0 bridgehead atoms. The molecule has 0 aliphatic heterocycles. The number of anilines is 1. The van der Waals surface area contributed by atoms with Gasteiger partial charge in [-0.1, -0.05) is 0 Å². The Morgan fingerprint density at radius 1 is 1.47 bits per heavy atom. The summed E-state index contributed by atoms with van der Waals surface area (Å²) >= 11 is 1.46. The Bertz CT molecular complexity index is 599. The molecular weight excluding hydrogens is 269 g/mol. The SMILES string of the molecule is CC(C)(Nc1ccc([N+](=O)[O-])cc1F)c1nccs1. The number of hydrogen-bond acceptors (Lipinski definition) is 5. The fraction of sp³-hybridized carbons (Fsp3) is 0.250. The summed E-state index contributed by atoms with van der Waals surface area (Å²) in [6, 6.07) is 3.53. The minimum atomic E-state index is -0.654. The number of halogens is 1. The van der Waals surface area contributed by atoms with E-state index in [1.54, 1.807) is 6.20 Å². The third-order valence-electron chi connectivity index (χ3n) is 2.58. The molecule has 0 unspecified atom stereocenters. The van der Waals surface area contributed by atoms with Gasteiger partial charge in [0, 0.05) is 17.6 Å². The van der Waals surface area contributed by atoms with Gasteiger partial charge in [-0.15, -0.1) is 11.3 Å². The minimum Gasteiger partial charge on any atom is -0.371 e. The predicted octanol–water partition coefficient (Wildman–Crippen LogP) is 3.54.